The Balaban J connectivity index is 2.32. The summed E-state index contributed by atoms with van der Waals surface area (Å²) in [5.41, 5.74) is 0. The van der Waals surface area contributed by atoms with E-state index in [0.717, 1.165) is 19.5 Å². The van der Waals surface area contributed by atoms with Crippen molar-refractivity contribution in [2.45, 2.75) is 19.8 Å². The van der Waals surface area contributed by atoms with E-state index < -0.39 is 0 Å². The zero-order valence-corrected chi connectivity index (χ0v) is 9.71. The second kappa shape index (κ2) is 4.26. The van der Waals surface area contributed by atoms with Crippen molar-refractivity contribution >= 4 is 21.7 Å². The number of anilines is 1. The summed E-state index contributed by atoms with van der Waals surface area (Å²) in [6.45, 7) is 4.03. The van der Waals surface area contributed by atoms with E-state index >= 15 is 0 Å². The number of rotatable bonds is 1. The minimum atomic E-state index is -0.0184. The number of piperidine rings is 1. The lowest BCUT2D eigenvalue weighted by molar-refractivity contribution is 0.444. The van der Waals surface area contributed by atoms with E-state index in [4.69, 9.17) is 2.74 Å². The van der Waals surface area contributed by atoms with Gasteiger partial charge in [-0.25, -0.2) is 9.97 Å². The molecule has 1 unspecified atom stereocenters. The molecule has 0 N–H and O–H groups in total. The fraction of sp³-hybridized carbons (Fsp3) is 0.600. The highest BCUT2D eigenvalue weighted by Crippen LogP contribution is 2.21. The summed E-state index contributed by atoms with van der Waals surface area (Å²) >= 11 is 3.18. The van der Waals surface area contributed by atoms with Gasteiger partial charge in [-0.2, -0.15) is 0 Å². The maximum Gasteiger partial charge on any atom is 0.198 e. The van der Waals surface area contributed by atoms with Crippen molar-refractivity contribution in [2.75, 3.05) is 18.0 Å². The van der Waals surface area contributed by atoms with Crippen LogP contribution in [0.5, 0.6) is 0 Å². The molecule has 1 fully saturated rings. The summed E-state index contributed by atoms with van der Waals surface area (Å²) < 4.78 is 15.8. The van der Waals surface area contributed by atoms with Crippen molar-refractivity contribution in [2.24, 2.45) is 5.92 Å². The summed E-state index contributed by atoms with van der Waals surface area (Å²) in [6.07, 6.45) is 2.33. The minimum absolute atomic E-state index is 0.0184. The van der Waals surface area contributed by atoms with Crippen LogP contribution in [0, 0.1) is 5.92 Å². The third kappa shape index (κ3) is 2.23. The molecular formula is C10H14BrN3. The molecule has 2 rings (SSSR count). The number of nitrogens with zero attached hydrogens (tertiary/aromatic N) is 3. The number of aromatic nitrogens is 2. The fourth-order valence-corrected chi connectivity index (χ4v) is 2.05. The van der Waals surface area contributed by atoms with Crippen LogP contribution in [0.2, 0.25) is 0 Å². The van der Waals surface area contributed by atoms with Crippen LogP contribution < -0.4 is 4.90 Å². The third-order valence-electron chi connectivity index (χ3n) is 2.47. The molecule has 76 valence electrons. The van der Waals surface area contributed by atoms with Gasteiger partial charge < -0.3 is 4.90 Å². The molecule has 4 heteroatoms. The van der Waals surface area contributed by atoms with Crippen molar-refractivity contribution in [1.29, 1.82) is 0 Å². The Morgan fingerprint density at radius 1 is 1.71 bits per heavy atom. The average molecular weight is 258 g/mol. The zero-order valence-electron chi connectivity index (χ0n) is 10.1. The number of halogens is 1. The lowest BCUT2D eigenvalue weighted by atomic mass is 10.0. The van der Waals surface area contributed by atoms with Crippen LogP contribution in [0.3, 0.4) is 0 Å². The molecular weight excluding hydrogens is 242 g/mol. The highest BCUT2D eigenvalue weighted by atomic mass is 79.9. The maximum absolute atomic E-state index is 7.82. The quantitative estimate of drug-likeness (QED) is 0.724. The van der Waals surface area contributed by atoms with Gasteiger partial charge in [0.2, 0.25) is 0 Å². The van der Waals surface area contributed by atoms with Crippen molar-refractivity contribution < 1.29 is 2.74 Å². The highest BCUT2D eigenvalue weighted by molar-refractivity contribution is 9.10. The van der Waals surface area contributed by atoms with Gasteiger partial charge in [0, 0.05) is 19.3 Å². The normalized spacial score (nSPS) is 24.4. The second-order valence-electron chi connectivity index (χ2n) is 3.75. The van der Waals surface area contributed by atoms with Crippen LogP contribution in [0.15, 0.2) is 16.9 Å². The third-order valence-corrected chi connectivity index (χ3v) is 2.83. The van der Waals surface area contributed by atoms with Gasteiger partial charge in [-0.05, 0) is 40.7 Å². The second-order valence-corrected chi connectivity index (χ2v) is 4.46. The monoisotopic (exact) mass is 257 g/mol. The van der Waals surface area contributed by atoms with Crippen molar-refractivity contribution in [1.82, 2.24) is 9.97 Å². The van der Waals surface area contributed by atoms with Gasteiger partial charge in [-0.15, -0.1) is 0 Å². The molecule has 1 aliphatic heterocycles. The van der Waals surface area contributed by atoms with E-state index in [-0.39, 0.29) is 12.2 Å². The number of hydrogen-bond acceptors (Lipinski definition) is 3. The predicted molar refractivity (Wildman–Crippen MR) is 60.3 cm³/mol. The summed E-state index contributed by atoms with van der Waals surface area (Å²) in [4.78, 5) is 10.1. The molecule has 0 aliphatic carbocycles. The van der Waals surface area contributed by atoms with Gasteiger partial charge in [-0.3, -0.25) is 0 Å². The Bertz CT molecular complexity index is 400. The Hall–Kier alpha value is -0.640. The van der Waals surface area contributed by atoms with E-state index in [9.17, 15) is 0 Å². The Morgan fingerprint density at radius 2 is 2.57 bits per heavy atom. The lowest BCUT2D eigenvalue weighted by Crippen LogP contribution is -2.34. The van der Waals surface area contributed by atoms with Gasteiger partial charge in [0.25, 0.3) is 0 Å². The summed E-state index contributed by atoms with van der Waals surface area (Å²) in [6, 6.07) is 0.123. The van der Waals surface area contributed by atoms with E-state index in [1.165, 1.54) is 6.42 Å². The molecule has 2 heterocycles. The van der Waals surface area contributed by atoms with Crippen molar-refractivity contribution in [3.05, 3.63) is 16.9 Å². The molecule has 0 saturated carbocycles. The molecule has 1 saturated heterocycles. The molecule has 0 bridgehead atoms. The van der Waals surface area contributed by atoms with E-state index in [1.54, 1.807) is 0 Å². The van der Waals surface area contributed by atoms with Crippen LogP contribution in [0.1, 0.15) is 22.5 Å². The smallest absolute Gasteiger partial charge is 0.198 e. The van der Waals surface area contributed by atoms with Gasteiger partial charge in [0.1, 0.15) is 5.82 Å². The van der Waals surface area contributed by atoms with Gasteiger partial charge >= 0.3 is 0 Å². The minimum Gasteiger partial charge on any atom is -0.356 e. The van der Waals surface area contributed by atoms with Gasteiger partial charge in [-0.1, -0.05) is 6.92 Å². The largest absolute Gasteiger partial charge is 0.356 e. The van der Waals surface area contributed by atoms with Gasteiger partial charge in [0.15, 0.2) is 4.73 Å². The van der Waals surface area contributed by atoms with Crippen LogP contribution in [-0.2, 0) is 0 Å². The molecule has 1 aromatic heterocycles. The molecule has 1 aliphatic rings. The fourth-order valence-electron chi connectivity index (χ4n) is 1.80. The van der Waals surface area contributed by atoms with Gasteiger partial charge in [0.05, 0.1) is 2.74 Å². The van der Waals surface area contributed by atoms with E-state index in [1.807, 2.05) is 0 Å². The highest BCUT2D eigenvalue weighted by Gasteiger charge is 2.17. The van der Waals surface area contributed by atoms with Crippen molar-refractivity contribution in [3.63, 3.8) is 0 Å². The average Bonchev–Trinajstić information content (AvgIpc) is 2.23. The lowest BCUT2D eigenvalue weighted by Gasteiger charge is -2.31. The maximum atomic E-state index is 7.82. The topological polar surface area (TPSA) is 29.0 Å². The SMILES string of the molecule is [2H]c1nc(Br)nc(N2CCCC(C)C2)c1[2H]. The van der Waals surface area contributed by atoms with Crippen molar-refractivity contribution in [3.8, 4) is 0 Å². The van der Waals surface area contributed by atoms with E-state index in [2.05, 4.69) is 37.7 Å². The van der Waals surface area contributed by atoms with Crippen LogP contribution in [0.4, 0.5) is 5.82 Å². The zero-order chi connectivity index (χ0) is 11.7. The van der Waals surface area contributed by atoms with E-state index in [0.29, 0.717) is 16.5 Å². The van der Waals surface area contributed by atoms with Crippen LogP contribution >= 0.6 is 15.9 Å². The molecule has 1 aromatic rings. The first-order valence-electron chi connectivity index (χ1n) is 5.83. The summed E-state index contributed by atoms with van der Waals surface area (Å²) in [5.74, 6) is 1.20. The Labute approximate surface area is 95.5 Å². The molecule has 14 heavy (non-hydrogen) atoms. The number of hydrogen-bond donors (Lipinski definition) is 0. The van der Waals surface area contributed by atoms with Crippen LogP contribution in [-0.4, -0.2) is 23.1 Å². The molecule has 0 spiro atoms. The first kappa shape index (κ1) is 7.63. The Morgan fingerprint density at radius 3 is 3.36 bits per heavy atom. The summed E-state index contributed by atoms with van der Waals surface area (Å²) in [5, 5.41) is 0. The first-order chi connectivity index (χ1) is 7.58. The molecule has 0 aromatic carbocycles. The van der Waals surface area contributed by atoms with Crippen LogP contribution in [0.25, 0.3) is 0 Å². The standard InChI is InChI=1S/C10H14BrN3/c1-8-3-2-6-14(7-8)9-4-5-12-10(11)13-9/h4-5,8H,2-3,6-7H2,1H3/i4D,5D. The molecule has 0 radical (unpaired) electrons. The molecule has 3 nitrogen and oxygen atoms in total. The predicted octanol–water partition coefficient (Wildman–Crippen LogP) is 2.48. The molecule has 1 atom stereocenters. The summed E-state index contributed by atoms with van der Waals surface area (Å²) in [7, 11) is 0. The first-order valence-corrected chi connectivity index (χ1v) is 5.63. The molecule has 0 amide bonds. The Kier molecular flexibility index (Phi) is 2.32.